The minimum Gasteiger partial charge on any atom is -0.380 e. The standard InChI is InChI=1S/C17H19N7O2/c1-11-18-5-3-13(20-11)17(26)23-7-8-24-12(10-23)9-14(21-24)16(25)15-4-6-19-22(15)2/h3-6,9,16,25H,7-8,10H2,1-2H3/t16-/m1/s1. The fourth-order valence-corrected chi connectivity index (χ4v) is 3.14. The summed E-state index contributed by atoms with van der Waals surface area (Å²) in [5, 5.41) is 19.1. The van der Waals surface area contributed by atoms with Gasteiger partial charge in [0.1, 0.15) is 17.6 Å². The zero-order chi connectivity index (χ0) is 18.3. The van der Waals surface area contributed by atoms with E-state index in [4.69, 9.17) is 0 Å². The Bertz CT molecular complexity index is 962. The molecule has 1 amide bonds. The third-order valence-electron chi connectivity index (χ3n) is 4.52. The minimum atomic E-state index is -0.853. The summed E-state index contributed by atoms with van der Waals surface area (Å²) in [6.07, 6.45) is 2.37. The summed E-state index contributed by atoms with van der Waals surface area (Å²) in [5.74, 6) is 0.441. The number of hydrogen-bond acceptors (Lipinski definition) is 6. The number of carbonyl (C=O) groups is 1. The van der Waals surface area contributed by atoms with Crippen LogP contribution in [0.3, 0.4) is 0 Å². The van der Waals surface area contributed by atoms with Crippen LogP contribution < -0.4 is 0 Å². The summed E-state index contributed by atoms with van der Waals surface area (Å²) < 4.78 is 3.46. The Hall–Kier alpha value is -3.07. The largest absolute Gasteiger partial charge is 0.380 e. The van der Waals surface area contributed by atoms with Crippen molar-refractivity contribution in [1.29, 1.82) is 0 Å². The van der Waals surface area contributed by atoms with E-state index >= 15 is 0 Å². The van der Waals surface area contributed by atoms with E-state index < -0.39 is 6.10 Å². The number of carbonyl (C=O) groups excluding carboxylic acids is 1. The van der Waals surface area contributed by atoms with E-state index in [1.807, 2.05) is 10.7 Å². The predicted octanol–water partition coefficient (Wildman–Crippen LogP) is 0.453. The van der Waals surface area contributed by atoms with Crippen LogP contribution in [-0.4, -0.2) is 52.0 Å². The Morgan fingerprint density at radius 3 is 2.85 bits per heavy atom. The van der Waals surface area contributed by atoms with E-state index in [0.29, 0.717) is 42.5 Å². The van der Waals surface area contributed by atoms with Crippen molar-refractivity contribution in [3.63, 3.8) is 0 Å². The highest BCUT2D eigenvalue weighted by Crippen LogP contribution is 2.23. The minimum absolute atomic E-state index is 0.128. The molecule has 0 unspecified atom stereocenters. The van der Waals surface area contributed by atoms with Crippen molar-refractivity contribution in [1.82, 2.24) is 34.4 Å². The molecule has 9 heteroatoms. The zero-order valence-electron chi connectivity index (χ0n) is 14.6. The van der Waals surface area contributed by atoms with Crippen LogP contribution in [0, 0.1) is 6.92 Å². The van der Waals surface area contributed by atoms with Gasteiger partial charge in [0.25, 0.3) is 5.91 Å². The molecule has 0 aromatic carbocycles. The molecule has 0 aliphatic carbocycles. The number of aryl methyl sites for hydroxylation is 2. The van der Waals surface area contributed by atoms with Gasteiger partial charge in [0, 0.05) is 26.0 Å². The number of amides is 1. The Morgan fingerprint density at radius 2 is 2.12 bits per heavy atom. The molecule has 9 nitrogen and oxygen atoms in total. The maximum absolute atomic E-state index is 12.7. The first-order valence-electron chi connectivity index (χ1n) is 8.34. The molecular formula is C17H19N7O2. The number of hydrogen-bond donors (Lipinski definition) is 1. The first-order chi connectivity index (χ1) is 12.5. The second-order valence-electron chi connectivity index (χ2n) is 6.28. The Kier molecular flexibility index (Phi) is 4.00. The highest BCUT2D eigenvalue weighted by molar-refractivity contribution is 5.92. The van der Waals surface area contributed by atoms with Crippen LogP contribution in [0.4, 0.5) is 0 Å². The van der Waals surface area contributed by atoms with Gasteiger partial charge in [-0.25, -0.2) is 9.97 Å². The molecule has 0 saturated heterocycles. The Morgan fingerprint density at radius 1 is 1.27 bits per heavy atom. The van der Waals surface area contributed by atoms with Crippen LogP contribution in [0.2, 0.25) is 0 Å². The van der Waals surface area contributed by atoms with Gasteiger partial charge in [-0.1, -0.05) is 0 Å². The molecule has 0 saturated carbocycles. The molecule has 0 radical (unpaired) electrons. The molecule has 0 bridgehead atoms. The second kappa shape index (κ2) is 6.34. The van der Waals surface area contributed by atoms with Gasteiger partial charge in [0.05, 0.1) is 30.2 Å². The van der Waals surface area contributed by atoms with Gasteiger partial charge in [-0.05, 0) is 25.1 Å². The molecule has 0 spiro atoms. The number of aliphatic hydroxyl groups is 1. The summed E-state index contributed by atoms with van der Waals surface area (Å²) in [6.45, 7) is 3.29. The smallest absolute Gasteiger partial charge is 0.273 e. The van der Waals surface area contributed by atoms with Crippen molar-refractivity contribution in [3.05, 3.63) is 59.2 Å². The normalized spacial score (nSPS) is 15.0. The van der Waals surface area contributed by atoms with Gasteiger partial charge in [0.2, 0.25) is 0 Å². The van der Waals surface area contributed by atoms with Crippen LogP contribution in [0.1, 0.15) is 39.5 Å². The molecule has 1 aliphatic heterocycles. The van der Waals surface area contributed by atoms with Crippen LogP contribution in [0.25, 0.3) is 0 Å². The number of fused-ring (bicyclic) bond motifs is 1. The lowest BCUT2D eigenvalue weighted by Gasteiger charge is -2.27. The number of aliphatic hydroxyl groups excluding tert-OH is 1. The molecule has 1 N–H and O–H groups in total. The van der Waals surface area contributed by atoms with Crippen LogP contribution in [0.5, 0.6) is 0 Å². The van der Waals surface area contributed by atoms with Gasteiger partial charge < -0.3 is 10.0 Å². The SMILES string of the molecule is Cc1nccc(C(=O)N2CCn3nc([C@@H](O)c4ccnn4C)cc3C2)n1. The van der Waals surface area contributed by atoms with E-state index in [-0.39, 0.29) is 5.91 Å². The molecule has 3 aromatic heterocycles. The quantitative estimate of drug-likeness (QED) is 0.734. The third-order valence-corrected chi connectivity index (χ3v) is 4.52. The fraction of sp³-hybridized carbons (Fsp3) is 0.353. The summed E-state index contributed by atoms with van der Waals surface area (Å²) >= 11 is 0. The number of rotatable bonds is 3. The van der Waals surface area contributed by atoms with Crippen molar-refractivity contribution in [2.75, 3.05) is 6.54 Å². The molecule has 134 valence electrons. The topological polar surface area (TPSA) is 102 Å². The zero-order valence-corrected chi connectivity index (χ0v) is 14.6. The lowest BCUT2D eigenvalue weighted by Crippen LogP contribution is -2.38. The highest BCUT2D eigenvalue weighted by atomic mass is 16.3. The molecule has 3 aromatic rings. The first-order valence-corrected chi connectivity index (χ1v) is 8.34. The Labute approximate surface area is 149 Å². The van der Waals surface area contributed by atoms with Crippen molar-refractivity contribution >= 4 is 5.91 Å². The van der Waals surface area contributed by atoms with E-state index in [0.717, 1.165) is 5.69 Å². The van der Waals surface area contributed by atoms with Gasteiger partial charge >= 0.3 is 0 Å². The summed E-state index contributed by atoms with van der Waals surface area (Å²) in [6, 6.07) is 5.22. The lowest BCUT2D eigenvalue weighted by molar-refractivity contribution is 0.0699. The molecule has 4 heterocycles. The van der Waals surface area contributed by atoms with Crippen LogP contribution in [-0.2, 0) is 20.1 Å². The molecular weight excluding hydrogens is 334 g/mol. The fourth-order valence-electron chi connectivity index (χ4n) is 3.14. The monoisotopic (exact) mass is 353 g/mol. The van der Waals surface area contributed by atoms with E-state index in [9.17, 15) is 9.90 Å². The van der Waals surface area contributed by atoms with Gasteiger partial charge in [-0.3, -0.25) is 14.2 Å². The predicted molar refractivity (Wildman–Crippen MR) is 91.0 cm³/mol. The van der Waals surface area contributed by atoms with Crippen molar-refractivity contribution in [2.45, 2.75) is 26.1 Å². The Balaban J connectivity index is 1.55. The molecule has 4 rings (SSSR count). The van der Waals surface area contributed by atoms with E-state index in [1.165, 1.54) is 0 Å². The summed E-state index contributed by atoms with van der Waals surface area (Å²) in [4.78, 5) is 22.6. The maximum Gasteiger partial charge on any atom is 0.273 e. The maximum atomic E-state index is 12.7. The highest BCUT2D eigenvalue weighted by Gasteiger charge is 2.26. The van der Waals surface area contributed by atoms with E-state index in [2.05, 4.69) is 20.2 Å². The van der Waals surface area contributed by atoms with Crippen LogP contribution in [0.15, 0.2) is 30.6 Å². The van der Waals surface area contributed by atoms with E-state index in [1.54, 1.807) is 48.1 Å². The second-order valence-corrected chi connectivity index (χ2v) is 6.28. The third kappa shape index (κ3) is 2.86. The number of aromatic nitrogens is 6. The molecule has 1 aliphatic rings. The summed E-state index contributed by atoms with van der Waals surface area (Å²) in [7, 11) is 1.78. The van der Waals surface area contributed by atoms with Crippen LogP contribution >= 0.6 is 0 Å². The lowest BCUT2D eigenvalue weighted by atomic mass is 10.1. The van der Waals surface area contributed by atoms with Crippen molar-refractivity contribution in [3.8, 4) is 0 Å². The van der Waals surface area contributed by atoms with Gasteiger partial charge in [-0.2, -0.15) is 10.2 Å². The average molecular weight is 353 g/mol. The molecule has 1 atom stereocenters. The first kappa shape index (κ1) is 16.4. The van der Waals surface area contributed by atoms with Gasteiger partial charge in [0.15, 0.2) is 0 Å². The molecule has 0 fully saturated rings. The van der Waals surface area contributed by atoms with Gasteiger partial charge in [-0.15, -0.1) is 0 Å². The molecule has 26 heavy (non-hydrogen) atoms. The van der Waals surface area contributed by atoms with Crippen molar-refractivity contribution in [2.24, 2.45) is 7.05 Å². The summed E-state index contributed by atoms with van der Waals surface area (Å²) in [5.41, 5.74) is 2.49. The average Bonchev–Trinajstić information content (AvgIpc) is 3.25. The van der Waals surface area contributed by atoms with Crippen molar-refractivity contribution < 1.29 is 9.90 Å². The number of nitrogens with zero attached hydrogens (tertiary/aromatic N) is 7.